The van der Waals surface area contributed by atoms with Gasteiger partial charge in [-0.25, -0.2) is 0 Å². The number of Topliss-reactive ketones (excluding diaryl/α,β-unsaturated/α-hetero) is 1. The lowest BCUT2D eigenvalue weighted by atomic mass is 9.81. The van der Waals surface area contributed by atoms with Gasteiger partial charge in [0.05, 0.1) is 11.8 Å². The third-order valence-corrected chi connectivity index (χ3v) is 6.92. The summed E-state index contributed by atoms with van der Waals surface area (Å²) in [6.07, 6.45) is 5.93. The molecule has 2 aromatic carbocycles. The van der Waals surface area contributed by atoms with Crippen LogP contribution in [-0.4, -0.2) is 16.0 Å². The van der Waals surface area contributed by atoms with Crippen LogP contribution in [0.2, 0.25) is 5.02 Å². The molecule has 2 atom stereocenters. The maximum Gasteiger partial charge on any atom is 0.216 e. The van der Waals surface area contributed by atoms with Crippen molar-refractivity contribution in [3.63, 3.8) is 0 Å². The van der Waals surface area contributed by atoms with E-state index in [0.29, 0.717) is 22.9 Å². The Hall–Kier alpha value is -2.72. The Morgan fingerprint density at radius 2 is 1.97 bits per heavy atom. The van der Waals surface area contributed by atoms with Gasteiger partial charge in [0.15, 0.2) is 5.78 Å². The number of allylic oxidation sites excluding steroid dienone is 2. The molecule has 4 rings (SSSR count). The molecule has 172 valence electrons. The smallest absolute Gasteiger partial charge is 0.216 e. The first-order valence-corrected chi connectivity index (χ1v) is 12.0. The van der Waals surface area contributed by atoms with Crippen LogP contribution in [0, 0.1) is 17.8 Å². The topological polar surface area (TPSA) is 45.8 Å². The number of aromatic amines is 1. The number of rotatable bonds is 5. The SMILES string of the molecule is C/C=C(/C(=O)C1Cc2cc(Cl)ccc2CC(C)C1)c1ccc(-c2cn[nH]c2F)cc1C(C)C. The van der Waals surface area contributed by atoms with E-state index >= 15 is 0 Å². The highest BCUT2D eigenvalue weighted by Crippen LogP contribution is 2.36. The van der Waals surface area contributed by atoms with Gasteiger partial charge in [0.1, 0.15) is 0 Å². The van der Waals surface area contributed by atoms with Gasteiger partial charge in [0.2, 0.25) is 5.95 Å². The highest BCUT2D eigenvalue weighted by Gasteiger charge is 2.30. The maximum absolute atomic E-state index is 14.1. The number of nitrogens with one attached hydrogen (secondary N) is 1. The Morgan fingerprint density at radius 1 is 1.18 bits per heavy atom. The fourth-order valence-electron chi connectivity index (χ4n) is 5.05. The van der Waals surface area contributed by atoms with Gasteiger partial charge < -0.3 is 0 Å². The highest BCUT2D eigenvalue weighted by atomic mass is 35.5. The van der Waals surface area contributed by atoms with E-state index in [1.165, 1.54) is 17.3 Å². The zero-order chi connectivity index (χ0) is 23.7. The second kappa shape index (κ2) is 9.64. The fourth-order valence-corrected chi connectivity index (χ4v) is 5.25. The summed E-state index contributed by atoms with van der Waals surface area (Å²) < 4.78 is 14.1. The van der Waals surface area contributed by atoms with E-state index in [1.807, 2.05) is 43.3 Å². The summed E-state index contributed by atoms with van der Waals surface area (Å²) in [6, 6.07) is 11.9. The molecule has 1 aliphatic carbocycles. The predicted octanol–water partition coefficient (Wildman–Crippen LogP) is 7.41. The molecule has 0 aliphatic heterocycles. The van der Waals surface area contributed by atoms with Crippen LogP contribution in [-0.2, 0) is 17.6 Å². The Labute approximate surface area is 200 Å². The number of carbonyl (C=O) groups is 1. The average Bonchev–Trinajstić information content (AvgIpc) is 3.13. The lowest BCUT2D eigenvalue weighted by molar-refractivity contribution is -0.117. The molecule has 0 radical (unpaired) electrons. The van der Waals surface area contributed by atoms with E-state index in [4.69, 9.17) is 11.6 Å². The van der Waals surface area contributed by atoms with Gasteiger partial charge >= 0.3 is 0 Å². The number of ketones is 1. The maximum atomic E-state index is 14.1. The first-order chi connectivity index (χ1) is 15.8. The lowest BCUT2D eigenvalue weighted by Crippen LogP contribution is -2.20. The van der Waals surface area contributed by atoms with Crippen LogP contribution in [0.25, 0.3) is 16.7 Å². The van der Waals surface area contributed by atoms with Crippen LogP contribution in [0.1, 0.15) is 62.3 Å². The monoisotopic (exact) mass is 464 g/mol. The second-order valence-corrected chi connectivity index (χ2v) is 9.92. The molecular weight excluding hydrogens is 435 g/mol. The van der Waals surface area contributed by atoms with Crippen molar-refractivity contribution in [2.75, 3.05) is 0 Å². The van der Waals surface area contributed by atoms with Gasteiger partial charge in [-0.2, -0.15) is 9.49 Å². The molecule has 0 saturated heterocycles. The predicted molar refractivity (Wildman–Crippen MR) is 133 cm³/mol. The van der Waals surface area contributed by atoms with Gasteiger partial charge in [-0.3, -0.25) is 9.89 Å². The minimum atomic E-state index is -0.454. The van der Waals surface area contributed by atoms with Crippen LogP contribution in [0.5, 0.6) is 0 Å². The number of hydrogen-bond donors (Lipinski definition) is 1. The van der Waals surface area contributed by atoms with Crippen molar-refractivity contribution in [1.29, 1.82) is 0 Å². The summed E-state index contributed by atoms with van der Waals surface area (Å²) in [6.45, 7) is 8.33. The normalized spacial score (nSPS) is 18.8. The van der Waals surface area contributed by atoms with Gasteiger partial charge in [0, 0.05) is 16.5 Å². The Kier molecular flexibility index (Phi) is 6.85. The standard InChI is InChI=1S/C28H30ClFN2O/c1-5-23(24-9-7-19(14-25(24)16(2)3)26-15-31-32-28(26)30)27(33)21-11-17(4)10-18-6-8-22(29)13-20(18)12-21/h5-9,13-17,21H,10-12H2,1-4H3,(H,31,32)/b23-5+. The van der Waals surface area contributed by atoms with Crippen molar-refractivity contribution in [1.82, 2.24) is 10.2 Å². The van der Waals surface area contributed by atoms with Crippen LogP contribution in [0.4, 0.5) is 4.39 Å². The fraction of sp³-hybridized carbons (Fsp3) is 0.357. The third kappa shape index (κ3) is 4.81. The van der Waals surface area contributed by atoms with Crippen molar-refractivity contribution in [3.05, 3.63) is 81.9 Å². The molecule has 1 N–H and O–H groups in total. The summed E-state index contributed by atoms with van der Waals surface area (Å²) >= 11 is 6.27. The number of hydrogen-bond acceptors (Lipinski definition) is 2. The van der Waals surface area contributed by atoms with Crippen molar-refractivity contribution < 1.29 is 9.18 Å². The van der Waals surface area contributed by atoms with E-state index in [0.717, 1.165) is 35.1 Å². The molecule has 1 aliphatic rings. The van der Waals surface area contributed by atoms with E-state index in [-0.39, 0.29) is 17.6 Å². The number of nitrogens with zero attached hydrogens (tertiary/aromatic N) is 1. The highest BCUT2D eigenvalue weighted by molar-refractivity contribution is 6.30. The first kappa shape index (κ1) is 23.4. The van der Waals surface area contributed by atoms with Crippen molar-refractivity contribution in [2.45, 2.75) is 52.9 Å². The Balaban J connectivity index is 1.71. The van der Waals surface area contributed by atoms with Crippen LogP contribution >= 0.6 is 11.6 Å². The first-order valence-electron chi connectivity index (χ1n) is 11.6. The van der Waals surface area contributed by atoms with Gasteiger partial charge in [-0.05, 0) is 78.0 Å². The van der Waals surface area contributed by atoms with Crippen molar-refractivity contribution in [3.8, 4) is 11.1 Å². The third-order valence-electron chi connectivity index (χ3n) is 6.68. The molecule has 0 spiro atoms. The minimum Gasteiger partial charge on any atom is -0.294 e. The van der Waals surface area contributed by atoms with Gasteiger partial charge in [0.25, 0.3) is 0 Å². The number of benzene rings is 2. The van der Waals surface area contributed by atoms with Crippen LogP contribution in [0.15, 0.2) is 48.7 Å². The van der Waals surface area contributed by atoms with E-state index < -0.39 is 5.95 Å². The largest absolute Gasteiger partial charge is 0.294 e. The molecule has 0 amide bonds. The van der Waals surface area contributed by atoms with Gasteiger partial charge in [-0.15, -0.1) is 0 Å². The summed E-state index contributed by atoms with van der Waals surface area (Å²) in [5, 5.41) is 6.87. The quantitative estimate of drug-likeness (QED) is 0.315. The number of aromatic nitrogens is 2. The Bertz CT molecular complexity index is 1210. The second-order valence-electron chi connectivity index (χ2n) is 9.48. The minimum absolute atomic E-state index is 0.100. The molecule has 33 heavy (non-hydrogen) atoms. The summed E-state index contributed by atoms with van der Waals surface area (Å²) in [4.78, 5) is 13.9. The molecule has 1 heterocycles. The number of H-pyrrole nitrogens is 1. The molecule has 0 saturated carbocycles. The Morgan fingerprint density at radius 3 is 2.64 bits per heavy atom. The van der Waals surface area contributed by atoms with Crippen LogP contribution < -0.4 is 0 Å². The molecular formula is C28H30ClFN2O. The summed E-state index contributed by atoms with van der Waals surface area (Å²) in [7, 11) is 0. The number of halogens is 2. The van der Waals surface area contributed by atoms with Crippen molar-refractivity contribution >= 4 is 23.0 Å². The summed E-state index contributed by atoms with van der Waals surface area (Å²) in [5.41, 5.74) is 6.34. The number of fused-ring (bicyclic) bond motifs is 1. The van der Waals surface area contributed by atoms with Crippen LogP contribution in [0.3, 0.4) is 0 Å². The summed E-state index contributed by atoms with van der Waals surface area (Å²) in [5.74, 6) is 0.198. The van der Waals surface area contributed by atoms with E-state index in [2.05, 4.69) is 37.0 Å². The van der Waals surface area contributed by atoms with Crippen molar-refractivity contribution in [2.24, 2.45) is 11.8 Å². The van der Waals surface area contributed by atoms with E-state index in [9.17, 15) is 9.18 Å². The van der Waals surface area contributed by atoms with Gasteiger partial charge in [-0.1, -0.05) is 62.7 Å². The molecule has 0 bridgehead atoms. The molecule has 0 fully saturated rings. The van der Waals surface area contributed by atoms with E-state index in [1.54, 1.807) is 0 Å². The zero-order valence-electron chi connectivity index (χ0n) is 19.6. The zero-order valence-corrected chi connectivity index (χ0v) is 20.3. The number of carbonyl (C=O) groups excluding carboxylic acids is 1. The molecule has 1 aromatic heterocycles. The average molecular weight is 465 g/mol. The molecule has 3 nitrogen and oxygen atoms in total. The molecule has 5 heteroatoms. The lowest BCUT2D eigenvalue weighted by Gasteiger charge is -2.21. The molecule has 2 unspecified atom stereocenters. The molecule has 3 aromatic rings.